The van der Waals surface area contributed by atoms with E-state index in [0.29, 0.717) is 10.7 Å². The van der Waals surface area contributed by atoms with Crippen LogP contribution in [0.5, 0.6) is 0 Å². The van der Waals surface area contributed by atoms with Crippen molar-refractivity contribution in [2.75, 3.05) is 13.2 Å². The molecule has 2 atom stereocenters. The van der Waals surface area contributed by atoms with Crippen molar-refractivity contribution in [2.45, 2.75) is 31.0 Å². The summed E-state index contributed by atoms with van der Waals surface area (Å²) in [5, 5.41) is 0. The highest BCUT2D eigenvalue weighted by atomic mass is 79.9. The van der Waals surface area contributed by atoms with Crippen LogP contribution >= 0.6 is 15.9 Å². The van der Waals surface area contributed by atoms with Crippen molar-refractivity contribution in [3.05, 3.63) is 35.4 Å². The number of ether oxygens (including phenoxy) is 1. The fourth-order valence-electron chi connectivity index (χ4n) is 2.17. The lowest BCUT2D eigenvalue weighted by Crippen LogP contribution is -2.29. The quantitative estimate of drug-likeness (QED) is 0.770. The average molecular weight is 283 g/mol. The van der Waals surface area contributed by atoms with Gasteiger partial charge in [0, 0.05) is 11.4 Å². The summed E-state index contributed by atoms with van der Waals surface area (Å²) in [4.78, 5) is 0.618. The Labute approximate surface area is 106 Å². The Morgan fingerprint density at radius 1 is 1.25 bits per heavy atom. The minimum Gasteiger partial charge on any atom is -0.381 e. The summed E-state index contributed by atoms with van der Waals surface area (Å²) in [6.45, 7) is 3.99. The van der Waals surface area contributed by atoms with Gasteiger partial charge in [0.1, 0.15) is 0 Å². The molecular formula is C14H19BrO. The highest BCUT2D eigenvalue weighted by Gasteiger charge is 2.23. The molecule has 0 N–H and O–H groups in total. The third kappa shape index (κ3) is 3.08. The summed E-state index contributed by atoms with van der Waals surface area (Å²) in [5.74, 6) is 0.626. The largest absolute Gasteiger partial charge is 0.381 e. The van der Waals surface area contributed by atoms with Gasteiger partial charge in [0.2, 0.25) is 0 Å². The first-order chi connectivity index (χ1) is 7.79. The van der Waals surface area contributed by atoms with Crippen molar-refractivity contribution in [3.8, 4) is 0 Å². The van der Waals surface area contributed by atoms with Crippen molar-refractivity contribution in [3.63, 3.8) is 0 Å². The van der Waals surface area contributed by atoms with Crippen LogP contribution in [0.15, 0.2) is 24.3 Å². The van der Waals surface area contributed by atoms with Gasteiger partial charge in [-0.2, -0.15) is 0 Å². The Bertz CT molecular complexity index is 320. The molecule has 1 saturated heterocycles. The summed E-state index contributed by atoms with van der Waals surface area (Å²) in [7, 11) is 0. The number of benzene rings is 1. The van der Waals surface area contributed by atoms with Gasteiger partial charge in [-0.25, -0.2) is 0 Å². The van der Waals surface area contributed by atoms with Gasteiger partial charge in [0.05, 0.1) is 6.61 Å². The third-order valence-electron chi connectivity index (χ3n) is 3.31. The van der Waals surface area contributed by atoms with Crippen molar-refractivity contribution in [1.29, 1.82) is 0 Å². The maximum Gasteiger partial charge on any atom is 0.0508 e. The van der Waals surface area contributed by atoms with E-state index in [2.05, 4.69) is 47.1 Å². The predicted molar refractivity (Wildman–Crippen MR) is 71.2 cm³/mol. The van der Waals surface area contributed by atoms with Gasteiger partial charge < -0.3 is 4.74 Å². The number of hydrogen-bond acceptors (Lipinski definition) is 1. The summed E-state index contributed by atoms with van der Waals surface area (Å²) in [6, 6.07) is 8.99. The normalized spacial score (nSPS) is 25.6. The molecule has 1 fully saturated rings. The molecule has 1 aromatic rings. The zero-order valence-corrected chi connectivity index (χ0v) is 11.4. The topological polar surface area (TPSA) is 9.23 Å². The van der Waals surface area contributed by atoms with Gasteiger partial charge in [0.15, 0.2) is 0 Å². The SMILES string of the molecule is CCc1ccc(CC2COCCC2Br)cc1. The van der Waals surface area contributed by atoms with Crippen LogP contribution in [-0.4, -0.2) is 18.0 Å². The van der Waals surface area contributed by atoms with Crippen LogP contribution < -0.4 is 0 Å². The molecule has 2 unspecified atom stereocenters. The molecule has 1 aliphatic rings. The van der Waals surface area contributed by atoms with Crippen LogP contribution in [0, 0.1) is 5.92 Å². The highest BCUT2D eigenvalue weighted by Crippen LogP contribution is 2.25. The fraction of sp³-hybridized carbons (Fsp3) is 0.571. The second-order valence-electron chi connectivity index (χ2n) is 4.51. The van der Waals surface area contributed by atoms with Crippen molar-refractivity contribution < 1.29 is 4.74 Å². The number of hydrogen-bond donors (Lipinski definition) is 0. The second kappa shape index (κ2) is 5.83. The van der Waals surface area contributed by atoms with E-state index >= 15 is 0 Å². The van der Waals surface area contributed by atoms with E-state index in [1.54, 1.807) is 0 Å². The smallest absolute Gasteiger partial charge is 0.0508 e. The van der Waals surface area contributed by atoms with Crippen LogP contribution in [0.3, 0.4) is 0 Å². The van der Waals surface area contributed by atoms with Crippen LogP contribution in [0.1, 0.15) is 24.5 Å². The van der Waals surface area contributed by atoms with Gasteiger partial charge >= 0.3 is 0 Å². The van der Waals surface area contributed by atoms with Gasteiger partial charge in [-0.05, 0) is 36.3 Å². The fourth-order valence-corrected chi connectivity index (χ4v) is 2.70. The maximum absolute atomic E-state index is 5.54. The Hall–Kier alpha value is -0.340. The van der Waals surface area contributed by atoms with E-state index in [-0.39, 0.29) is 0 Å². The number of alkyl halides is 1. The standard InChI is InChI=1S/C14H19BrO/c1-2-11-3-5-12(6-4-11)9-13-10-16-8-7-14(13)15/h3-6,13-14H,2,7-10H2,1H3. The van der Waals surface area contributed by atoms with Gasteiger partial charge in [0.25, 0.3) is 0 Å². The van der Waals surface area contributed by atoms with E-state index in [0.717, 1.165) is 32.5 Å². The van der Waals surface area contributed by atoms with Crippen molar-refractivity contribution in [1.82, 2.24) is 0 Å². The number of rotatable bonds is 3. The minimum absolute atomic E-state index is 0.618. The van der Waals surface area contributed by atoms with Crippen LogP contribution in [0.4, 0.5) is 0 Å². The second-order valence-corrected chi connectivity index (χ2v) is 5.69. The Balaban J connectivity index is 1.96. The molecule has 0 radical (unpaired) electrons. The van der Waals surface area contributed by atoms with Gasteiger partial charge in [-0.3, -0.25) is 0 Å². The summed E-state index contributed by atoms with van der Waals surface area (Å²) >= 11 is 3.76. The van der Waals surface area contributed by atoms with E-state index in [1.807, 2.05) is 0 Å². The molecule has 16 heavy (non-hydrogen) atoms. The van der Waals surface area contributed by atoms with Crippen LogP contribution in [0.2, 0.25) is 0 Å². The molecule has 1 aliphatic heterocycles. The van der Waals surface area contributed by atoms with Gasteiger partial charge in [-0.15, -0.1) is 0 Å². The molecule has 0 bridgehead atoms. The first-order valence-electron chi connectivity index (χ1n) is 6.09. The Morgan fingerprint density at radius 2 is 1.94 bits per heavy atom. The van der Waals surface area contributed by atoms with E-state index in [1.165, 1.54) is 11.1 Å². The third-order valence-corrected chi connectivity index (χ3v) is 4.52. The zero-order valence-electron chi connectivity index (χ0n) is 9.79. The molecule has 0 spiro atoms. The van der Waals surface area contributed by atoms with E-state index < -0.39 is 0 Å². The predicted octanol–water partition coefficient (Wildman–Crippen LogP) is 3.59. The van der Waals surface area contributed by atoms with Crippen molar-refractivity contribution >= 4 is 15.9 Å². The number of halogens is 1. The minimum atomic E-state index is 0.618. The zero-order chi connectivity index (χ0) is 11.4. The molecule has 0 aliphatic carbocycles. The van der Waals surface area contributed by atoms with Crippen LogP contribution in [-0.2, 0) is 17.6 Å². The Kier molecular flexibility index (Phi) is 4.42. The number of aryl methyl sites for hydroxylation is 1. The molecule has 0 amide bonds. The summed E-state index contributed by atoms with van der Waals surface area (Å²) in [6.07, 6.45) is 3.38. The molecule has 1 aromatic carbocycles. The summed E-state index contributed by atoms with van der Waals surface area (Å²) in [5.41, 5.74) is 2.84. The molecular weight excluding hydrogens is 264 g/mol. The van der Waals surface area contributed by atoms with Crippen LogP contribution in [0.25, 0.3) is 0 Å². The van der Waals surface area contributed by atoms with E-state index in [9.17, 15) is 0 Å². The molecule has 2 rings (SSSR count). The maximum atomic E-state index is 5.54. The lowest BCUT2D eigenvalue weighted by Gasteiger charge is -2.27. The summed E-state index contributed by atoms with van der Waals surface area (Å²) < 4.78 is 5.54. The molecule has 2 heteroatoms. The first-order valence-corrected chi connectivity index (χ1v) is 7.00. The lowest BCUT2D eigenvalue weighted by molar-refractivity contribution is 0.0605. The van der Waals surface area contributed by atoms with E-state index in [4.69, 9.17) is 4.74 Å². The Morgan fingerprint density at radius 3 is 2.56 bits per heavy atom. The molecule has 0 saturated carbocycles. The molecule has 1 heterocycles. The van der Waals surface area contributed by atoms with Crippen molar-refractivity contribution in [2.24, 2.45) is 5.92 Å². The first kappa shape index (κ1) is 12.1. The molecule has 0 aromatic heterocycles. The molecule has 1 nitrogen and oxygen atoms in total. The molecule has 88 valence electrons. The monoisotopic (exact) mass is 282 g/mol. The highest BCUT2D eigenvalue weighted by molar-refractivity contribution is 9.09. The van der Waals surface area contributed by atoms with Gasteiger partial charge in [-0.1, -0.05) is 47.1 Å². The average Bonchev–Trinajstić information content (AvgIpc) is 2.33. The lowest BCUT2D eigenvalue weighted by atomic mass is 9.93.